The minimum absolute atomic E-state index is 0.260. The fourth-order valence-corrected chi connectivity index (χ4v) is 2.63. The third-order valence-electron chi connectivity index (χ3n) is 3.60. The van der Waals surface area contributed by atoms with Gasteiger partial charge in [-0.1, -0.05) is 18.2 Å². The average Bonchev–Trinajstić information content (AvgIpc) is 2.45. The molecule has 20 heavy (non-hydrogen) atoms. The number of halogens is 3. The summed E-state index contributed by atoms with van der Waals surface area (Å²) in [6.07, 6.45) is -3.48. The van der Waals surface area contributed by atoms with Crippen molar-refractivity contribution in [2.75, 3.05) is 13.7 Å². The molecule has 1 saturated heterocycles. The van der Waals surface area contributed by atoms with Crippen molar-refractivity contribution in [3.8, 4) is 0 Å². The molecule has 1 aliphatic rings. The zero-order valence-corrected chi connectivity index (χ0v) is 11.0. The van der Waals surface area contributed by atoms with Crippen LogP contribution in [0.5, 0.6) is 0 Å². The predicted octanol–water partition coefficient (Wildman–Crippen LogP) is 2.71. The molecule has 0 radical (unpaired) electrons. The molecule has 2 rings (SSSR count). The quantitative estimate of drug-likeness (QED) is 0.850. The van der Waals surface area contributed by atoms with Crippen LogP contribution in [0.2, 0.25) is 0 Å². The highest BCUT2D eigenvalue weighted by atomic mass is 19.4. The van der Waals surface area contributed by atoms with E-state index in [1.165, 1.54) is 19.2 Å². The number of piperidine rings is 1. The number of carbonyl (C=O) groups excluding carboxylic acids is 1. The number of ether oxygens (including phenoxy) is 1. The molecule has 1 fully saturated rings. The maximum atomic E-state index is 13.0. The standard InChI is InChI=1S/C14H16F3NO2/c1-20-13(19)12-8-9(6-7-18-12)10-4-2-3-5-11(10)14(15,16)17/h2-5,9,12,18H,6-8H2,1H3/t9-,12+/m0/s1. The molecule has 0 saturated carbocycles. The molecule has 1 aromatic carbocycles. The van der Waals surface area contributed by atoms with Crippen molar-refractivity contribution in [3.63, 3.8) is 0 Å². The largest absolute Gasteiger partial charge is 0.468 e. The fraction of sp³-hybridized carbons (Fsp3) is 0.500. The van der Waals surface area contributed by atoms with Crippen LogP contribution in [0.3, 0.4) is 0 Å². The Kier molecular flexibility index (Phi) is 4.32. The SMILES string of the molecule is COC(=O)[C@H]1C[C@@H](c2ccccc2C(F)(F)F)CCN1. The van der Waals surface area contributed by atoms with E-state index in [2.05, 4.69) is 10.1 Å². The molecule has 0 spiro atoms. The molecular formula is C14H16F3NO2. The van der Waals surface area contributed by atoms with Crippen LogP contribution < -0.4 is 5.32 Å². The van der Waals surface area contributed by atoms with E-state index in [1.807, 2.05) is 0 Å². The van der Waals surface area contributed by atoms with Gasteiger partial charge in [0.2, 0.25) is 0 Å². The molecule has 0 aliphatic carbocycles. The molecule has 110 valence electrons. The first kappa shape index (κ1) is 14.8. The Bertz CT molecular complexity index is 488. The fourth-order valence-electron chi connectivity index (χ4n) is 2.63. The summed E-state index contributed by atoms with van der Waals surface area (Å²) in [4.78, 5) is 11.5. The van der Waals surface area contributed by atoms with Crippen LogP contribution in [-0.2, 0) is 15.7 Å². The second-order valence-corrected chi connectivity index (χ2v) is 4.84. The van der Waals surface area contributed by atoms with Crippen molar-refractivity contribution in [2.45, 2.75) is 31.0 Å². The van der Waals surface area contributed by atoms with Gasteiger partial charge in [-0.25, -0.2) is 0 Å². The Morgan fingerprint density at radius 3 is 2.70 bits per heavy atom. The van der Waals surface area contributed by atoms with Gasteiger partial charge in [-0.3, -0.25) is 4.79 Å². The minimum Gasteiger partial charge on any atom is -0.468 e. The smallest absolute Gasteiger partial charge is 0.416 e. The molecule has 0 aromatic heterocycles. The lowest BCUT2D eigenvalue weighted by molar-refractivity contribution is -0.143. The highest BCUT2D eigenvalue weighted by molar-refractivity contribution is 5.75. The van der Waals surface area contributed by atoms with Crippen LogP contribution in [-0.4, -0.2) is 25.7 Å². The van der Waals surface area contributed by atoms with Crippen LogP contribution in [0.25, 0.3) is 0 Å². The van der Waals surface area contributed by atoms with Gasteiger partial charge >= 0.3 is 12.1 Å². The van der Waals surface area contributed by atoms with E-state index >= 15 is 0 Å². The topological polar surface area (TPSA) is 38.3 Å². The van der Waals surface area contributed by atoms with Crippen LogP contribution in [0.1, 0.15) is 29.9 Å². The van der Waals surface area contributed by atoms with Crippen LogP contribution in [0, 0.1) is 0 Å². The highest BCUT2D eigenvalue weighted by Crippen LogP contribution is 2.38. The van der Waals surface area contributed by atoms with Crippen LogP contribution in [0.4, 0.5) is 13.2 Å². The summed E-state index contributed by atoms with van der Waals surface area (Å²) in [5.74, 6) is -0.725. The van der Waals surface area contributed by atoms with E-state index in [9.17, 15) is 18.0 Å². The second-order valence-electron chi connectivity index (χ2n) is 4.84. The van der Waals surface area contributed by atoms with Crippen molar-refractivity contribution >= 4 is 5.97 Å². The van der Waals surface area contributed by atoms with E-state index in [0.29, 0.717) is 19.4 Å². The Labute approximate surface area is 115 Å². The van der Waals surface area contributed by atoms with E-state index < -0.39 is 23.8 Å². The molecule has 3 nitrogen and oxygen atoms in total. The number of nitrogens with one attached hydrogen (secondary N) is 1. The Morgan fingerprint density at radius 2 is 2.05 bits per heavy atom. The summed E-state index contributed by atoms with van der Waals surface area (Å²) < 4.78 is 43.7. The molecule has 1 N–H and O–H groups in total. The molecule has 1 aromatic rings. The first-order chi connectivity index (χ1) is 9.43. The lowest BCUT2D eigenvalue weighted by atomic mass is 9.84. The molecule has 0 amide bonds. The van der Waals surface area contributed by atoms with Gasteiger partial charge in [0, 0.05) is 0 Å². The van der Waals surface area contributed by atoms with Gasteiger partial charge in [-0.05, 0) is 36.9 Å². The third-order valence-corrected chi connectivity index (χ3v) is 3.60. The van der Waals surface area contributed by atoms with E-state index in [1.54, 1.807) is 6.07 Å². The predicted molar refractivity (Wildman–Crippen MR) is 67.2 cm³/mol. The zero-order valence-electron chi connectivity index (χ0n) is 11.0. The molecule has 2 atom stereocenters. The zero-order chi connectivity index (χ0) is 14.8. The average molecular weight is 287 g/mol. The Balaban J connectivity index is 2.26. The summed E-state index contributed by atoms with van der Waals surface area (Å²) in [5.41, 5.74) is -0.356. The Morgan fingerprint density at radius 1 is 1.35 bits per heavy atom. The summed E-state index contributed by atoms with van der Waals surface area (Å²) in [5, 5.41) is 2.97. The van der Waals surface area contributed by atoms with E-state index in [0.717, 1.165) is 6.07 Å². The van der Waals surface area contributed by atoms with E-state index in [-0.39, 0.29) is 11.5 Å². The van der Waals surface area contributed by atoms with Gasteiger partial charge in [0.1, 0.15) is 6.04 Å². The van der Waals surface area contributed by atoms with Crippen LogP contribution in [0.15, 0.2) is 24.3 Å². The molecule has 0 bridgehead atoms. The Hall–Kier alpha value is -1.56. The number of rotatable bonds is 2. The molecule has 1 aliphatic heterocycles. The number of hydrogen-bond donors (Lipinski definition) is 1. The lowest BCUT2D eigenvalue weighted by Crippen LogP contribution is -2.43. The summed E-state index contributed by atoms with van der Waals surface area (Å²) in [6, 6.07) is 5.02. The highest BCUT2D eigenvalue weighted by Gasteiger charge is 2.37. The number of benzene rings is 1. The third kappa shape index (κ3) is 3.12. The molecule has 6 heteroatoms. The van der Waals surface area contributed by atoms with Gasteiger partial charge in [-0.2, -0.15) is 13.2 Å². The first-order valence-corrected chi connectivity index (χ1v) is 6.41. The van der Waals surface area contributed by atoms with Crippen molar-refractivity contribution in [1.82, 2.24) is 5.32 Å². The number of esters is 1. The van der Waals surface area contributed by atoms with Crippen molar-refractivity contribution in [3.05, 3.63) is 35.4 Å². The van der Waals surface area contributed by atoms with Crippen molar-refractivity contribution in [1.29, 1.82) is 0 Å². The monoisotopic (exact) mass is 287 g/mol. The van der Waals surface area contributed by atoms with Crippen molar-refractivity contribution in [2.24, 2.45) is 0 Å². The molecule has 1 heterocycles. The molecule has 0 unspecified atom stereocenters. The van der Waals surface area contributed by atoms with Crippen molar-refractivity contribution < 1.29 is 22.7 Å². The van der Waals surface area contributed by atoms with Gasteiger partial charge in [-0.15, -0.1) is 0 Å². The number of alkyl halides is 3. The van der Waals surface area contributed by atoms with E-state index in [4.69, 9.17) is 0 Å². The second kappa shape index (κ2) is 5.83. The lowest BCUT2D eigenvalue weighted by Gasteiger charge is -2.30. The summed E-state index contributed by atoms with van der Waals surface area (Å²) in [7, 11) is 1.28. The van der Waals surface area contributed by atoms with Gasteiger partial charge in [0.25, 0.3) is 0 Å². The van der Waals surface area contributed by atoms with Gasteiger partial charge in [0.15, 0.2) is 0 Å². The summed E-state index contributed by atoms with van der Waals surface area (Å²) >= 11 is 0. The van der Waals surface area contributed by atoms with Crippen LogP contribution >= 0.6 is 0 Å². The number of carbonyl (C=O) groups is 1. The van der Waals surface area contributed by atoms with Gasteiger partial charge < -0.3 is 10.1 Å². The minimum atomic E-state index is -4.37. The van der Waals surface area contributed by atoms with Gasteiger partial charge in [0.05, 0.1) is 12.7 Å². The number of methoxy groups -OCH3 is 1. The maximum absolute atomic E-state index is 13.0. The first-order valence-electron chi connectivity index (χ1n) is 6.41. The normalized spacial score (nSPS) is 23.4. The maximum Gasteiger partial charge on any atom is 0.416 e. The summed E-state index contributed by atoms with van der Waals surface area (Å²) in [6.45, 7) is 0.497. The molecular weight excluding hydrogens is 271 g/mol. The number of hydrogen-bond acceptors (Lipinski definition) is 3.